The Labute approximate surface area is 105 Å². The molecule has 1 aliphatic rings. The smallest absolute Gasteiger partial charge is 0.326 e. The molecule has 1 aliphatic heterocycles. The molecule has 17 heavy (non-hydrogen) atoms. The van der Waals surface area contributed by atoms with Crippen molar-refractivity contribution < 1.29 is 9.90 Å². The molecule has 1 N–H and O–H groups in total. The van der Waals surface area contributed by atoms with E-state index in [4.69, 9.17) is 5.11 Å². The zero-order valence-corrected chi connectivity index (χ0v) is 10.9. The molecule has 0 aromatic carbocycles. The molecular weight excluding hydrogens is 238 g/mol. The lowest BCUT2D eigenvalue weighted by molar-refractivity contribution is -0.138. The topological polar surface area (TPSA) is 66.3 Å². The summed E-state index contributed by atoms with van der Waals surface area (Å²) in [6.07, 6.45) is 2.46. The van der Waals surface area contributed by atoms with Crippen molar-refractivity contribution in [3.63, 3.8) is 0 Å². The number of aliphatic carboxylic acids is 1. The second-order valence-electron chi connectivity index (χ2n) is 4.78. The fourth-order valence-electron chi connectivity index (χ4n) is 2.06. The molecule has 0 spiro atoms. The Morgan fingerprint density at radius 2 is 2.41 bits per heavy atom. The van der Waals surface area contributed by atoms with Gasteiger partial charge in [0, 0.05) is 24.5 Å². The van der Waals surface area contributed by atoms with Gasteiger partial charge in [-0.25, -0.2) is 9.78 Å². The van der Waals surface area contributed by atoms with Crippen LogP contribution in [0.15, 0.2) is 0 Å². The highest BCUT2D eigenvalue weighted by Gasteiger charge is 2.32. The molecule has 1 saturated heterocycles. The molecule has 1 atom stereocenters. The van der Waals surface area contributed by atoms with Crippen LogP contribution in [-0.2, 0) is 11.2 Å². The molecular formula is C11H17N3O2S. The van der Waals surface area contributed by atoms with Gasteiger partial charge in [0.2, 0.25) is 5.13 Å². The second kappa shape index (κ2) is 5.00. The highest BCUT2D eigenvalue weighted by atomic mass is 32.1. The molecule has 0 radical (unpaired) electrons. The van der Waals surface area contributed by atoms with E-state index in [1.54, 1.807) is 0 Å². The first-order valence-corrected chi connectivity index (χ1v) is 6.67. The van der Waals surface area contributed by atoms with Crippen LogP contribution in [0.4, 0.5) is 5.13 Å². The van der Waals surface area contributed by atoms with E-state index in [2.05, 4.69) is 23.2 Å². The van der Waals surface area contributed by atoms with Crippen LogP contribution in [0.25, 0.3) is 0 Å². The number of hydrogen-bond acceptors (Lipinski definition) is 5. The summed E-state index contributed by atoms with van der Waals surface area (Å²) in [5.41, 5.74) is 0. The van der Waals surface area contributed by atoms with Gasteiger partial charge in [-0.05, 0) is 18.8 Å². The average molecular weight is 255 g/mol. The van der Waals surface area contributed by atoms with E-state index in [1.807, 2.05) is 4.90 Å². The van der Waals surface area contributed by atoms with Crippen LogP contribution in [0.2, 0.25) is 0 Å². The SMILES string of the molecule is CC(C)Cc1nsc(N2CCC[C@H]2C(=O)O)n1. The Morgan fingerprint density at radius 3 is 3.06 bits per heavy atom. The van der Waals surface area contributed by atoms with Gasteiger partial charge >= 0.3 is 5.97 Å². The lowest BCUT2D eigenvalue weighted by atomic mass is 10.1. The molecule has 2 rings (SSSR count). The van der Waals surface area contributed by atoms with Gasteiger partial charge in [0.05, 0.1) is 0 Å². The third-order valence-corrected chi connectivity index (χ3v) is 3.62. The van der Waals surface area contributed by atoms with Crippen molar-refractivity contribution in [2.75, 3.05) is 11.4 Å². The van der Waals surface area contributed by atoms with Crippen molar-refractivity contribution >= 4 is 22.6 Å². The van der Waals surface area contributed by atoms with Crippen molar-refractivity contribution in [2.24, 2.45) is 5.92 Å². The normalized spacial score (nSPS) is 20.2. The van der Waals surface area contributed by atoms with Crippen LogP contribution in [0.3, 0.4) is 0 Å². The van der Waals surface area contributed by atoms with Crippen LogP contribution in [0, 0.1) is 5.92 Å². The van der Waals surface area contributed by atoms with Crippen LogP contribution < -0.4 is 4.90 Å². The molecule has 0 bridgehead atoms. The van der Waals surface area contributed by atoms with Crippen molar-refractivity contribution in [3.05, 3.63) is 5.82 Å². The maximum absolute atomic E-state index is 11.1. The highest BCUT2D eigenvalue weighted by molar-refractivity contribution is 7.09. The van der Waals surface area contributed by atoms with Crippen LogP contribution >= 0.6 is 11.5 Å². The Hall–Kier alpha value is -1.17. The van der Waals surface area contributed by atoms with E-state index in [0.717, 1.165) is 30.3 Å². The number of aromatic nitrogens is 2. The van der Waals surface area contributed by atoms with Gasteiger partial charge in [-0.2, -0.15) is 4.37 Å². The molecule has 1 fully saturated rings. The average Bonchev–Trinajstić information content (AvgIpc) is 2.82. The van der Waals surface area contributed by atoms with Gasteiger partial charge in [-0.3, -0.25) is 0 Å². The number of carboxylic acid groups (broad SMARTS) is 1. The van der Waals surface area contributed by atoms with E-state index in [1.165, 1.54) is 11.5 Å². The molecule has 6 heteroatoms. The van der Waals surface area contributed by atoms with Gasteiger partial charge in [-0.1, -0.05) is 13.8 Å². The standard InChI is InChI=1S/C11H17N3O2S/c1-7(2)6-9-12-11(17-13-9)14-5-3-4-8(14)10(15)16/h7-8H,3-6H2,1-2H3,(H,15,16)/t8-/m0/s1. The van der Waals surface area contributed by atoms with Crippen molar-refractivity contribution in [2.45, 2.75) is 39.2 Å². The zero-order chi connectivity index (χ0) is 12.4. The first-order valence-electron chi connectivity index (χ1n) is 5.90. The summed E-state index contributed by atoms with van der Waals surface area (Å²) in [5.74, 6) is 0.588. The molecule has 0 saturated carbocycles. The lowest BCUT2D eigenvalue weighted by Crippen LogP contribution is -2.35. The maximum atomic E-state index is 11.1. The Morgan fingerprint density at radius 1 is 1.65 bits per heavy atom. The predicted octanol–water partition coefficient (Wildman–Crippen LogP) is 1.79. The summed E-state index contributed by atoms with van der Waals surface area (Å²) in [6.45, 7) is 5.01. The number of carbonyl (C=O) groups is 1. The predicted molar refractivity (Wildman–Crippen MR) is 66.5 cm³/mol. The van der Waals surface area contributed by atoms with Crippen LogP contribution in [0.1, 0.15) is 32.5 Å². The van der Waals surface area contributed by atoms with E-state index >= 15 is 0 Å². The van der Waals surface area contributed by atoms with Crippen molar-refractivity contribution in [1.82, 2.24) is 9.36 Å². The Balaban J connectivity index is 2.11. The summed E-state index contributed by atoms with van der Waals surface area (Å²) in [7, 11) is 0. The second-order valence-corrected chi connectivity index (χ2v) is 5.51. The molecule has 1 aromatic heterocycles. The van der Waals surface area contributed by atoms with E-state index in [0.29, 0.717) is 12.3 Å². The third kappa shape index (κ3) is 2.74. The Kier molecular flexibility index (Phi) is 3.61. The van der Waals surface area contributed by atoms with E-state index in [-0.39, 0.29) is 0 Å². The van der Waals surface area contributed by atoms with Crippen LogP contribution in [0.5, 0.6) is 0 Å². The number of carboxylic acids is 1. The molecule has 0 unspecified atom stereocenters. The minimum atomic E-state index is -0.761. The van der Waals surface area contributed by atoms with Crippen LogP contribution in [-0.4, -0.2) is 33.0 Å². The minimum Gasteiger partial charge on any atom is -0.480 e. The number of anilines is 1. The fourth-order valence-corrected chi connectivity index (χ4v) is 2.83. The summed E-state index contributed by atoms with van der Waals surface area (Å²) < 4.78 is 4.29. The van der Waals surface area contributed by atoms with Crippen molar-refractivity contribution in [1.29, 1.82) is 0 Å². The molecule has 0 amide bonds. The van der Waals surface area contributed by atoms with Gasteiger partial charge < -0.3 is 10.0 Å². The van der Waals surface area contributed by atoms with Gasteiger partial charge in [-0.15, -0.1) is 0 Å². The third-order valence-electron chi connectivity index (χ3n) is 2.83. The number of rotatable bonds is 4. The van der Waals surface area contributed by atoms with Gasteiger partial charge in [0.25, 0.3) is 0 Å². The van der Waals surface area contributed by atoms with E-state index in [9.17, 15) is 4.79 Å². The monoisotopic (exact) mass is 255 g/mol. The van der Waals surface area contributed by atoms with Gasteiger partial charge in [0.15, 0.2) is 0 Å². The summed E-state index contributed by atoms with van der Waals surface area (Å²) in [6, 6.07) is -0.421. The number of nitrogens with zero attached hydrogens (tertiary/aromatic N) is 3. The fraction of sp³-hybridized carbons (Fsp3) is 0.727. The largest absolute Gasteiger partial charge is 0.480 e. The summed E-state index contributed by atoms with van der Waals surface area (Å²) >= 11 is 1.31. The molecule has 5 nitrogen and oxygen atoms in total. The first-order chi connectivity index (χ1) is 8.08. The van der Waals surface area contributed by atoms with Gasteiger partial charge in [0.1, 0.15) is 11.9 Å². The van der Waals surface area contributed by atoms with Crippen molar-refractivity contribution in [3.8, 4) is 0 Å². The highest BCUT2D eigenvalue weighted by Crippen LogP contribution is 2.27. The lowest BCUT2D eigenvalue weighted by Gasteiger charge is -2.19. The minimum absolute atomic E-state index is 0.421. The van der Waals surface area contributed by atoms with E-state index < -0.39 is 12.0 Å². The Bertz CT molecular complexity index is 405. The quantitative estimate of drug-likeness (QED) is 0.888. The molecule has 2 heterocycles. The summed E-state index contributed by atoms with van der Waals surface area (Å²) in [5, 5.41) is 9.87. The molecule has 1 aromatic rings. The number of hydrogen-bond donors (Lipinski definition) is 1. The first kappa shape index (κ1) is 12.3. The summed E-state index contributed by atoms with van der Waals surface area (Å²) in [4.78, 5) is 17.4. The maximum Gasteiger partial charge on any atom is 0.326 e. The zero-order valence-electron chi connectivity index (χ0n) is 10.1. The molecule has 0 aliphatic carbocycles. The molecule has 94 valence electrons.